The van der Waals surface area contributed by atoms with Gasteiger partial charge in [0.2, 0.25) is 5.91 Å². The average Bonchev–Trinajstić information content (AvgIpc) is 2.48. The highest BCUT2D eigenvalue weighted by Crippen LogP contribution is 2.21. The fraction of sp³-hybridized carbons (Fsp3) is 0.235. The Morgan fingerprint density at radius 3 is 2.62 bits per heavy atom. The molecule has 0 radical (unpaired) electrons. The maximum atomic E-state index is 12.0. The molecule has 1 amide bonds. The number of benzene rings is 2. The van der Waals surface area contributed by atoms with Crippen LogP contribution in [0.25, 0.3) is 0 Å². The van der Waals surface area contributed by atoms with E-state index >= 15 is 0 Å². The van der Waals surface area contributed by atoms with Crippen molar-refractivity contribution in [2.45, 2.75) is 25.8 Å². The van der Waals surface area contributed by atoms with Crippen LogP contribution in [-0.4, -0.2) is 11.0 Å². The molecule has 0 fully saturated rings. The Bertz CT molecular complexity index is 611. The third-order valence-corrected chi connectivity index (χ3v) is 3.39. The Morgan fingerprint density at radius 1 is 1.24 bits per heavy atom. The molecule has 0 aliphatic heterocycles. The number of amides is 1. The number of aryl methyl sites for hydroxylation is 1. The molecular weight excluding hydrogens is 264 g/mol. The van der Waals surface area contributed by atoms with Crippen LogP contribution in [0.3, 0.4) is 0 Å². The number of carbonyl (C=O) groups is 1. The van der Waals surface area contributed by atoms with Crippen molar-refractivity contribution in [1.29, 1.82) is 0 Å². The number of hydrogen-bond acceptors (Lipinski definition) is 3. The molecule has 110 valence electrons. The van der Waals surface area contributed by atoms with E-state index < -0.39 is 0 Å². The molecular formula is C17H20N2O2. The van der Waals surface area contributed by atoms with Gasteiger partial charge in [0.25, 0.3) is 0 Å². The highest BCUT2D eigenvalue weighted by molar-refractivity contribution is 5.91. The van der Waals surface area contributed by atoms with Gasteiger partial charge in [-0.05, 0) is 42.7 Å². The van der Waals surface area contributed by atoms with Gasteiger partial charge in [-0.3, -0.25) is 4.79 Å². The van der Waals surface area contributed by atoms with Crippen LogP contribution in [-0.2, 0) is 4.79 Å². The van der Waals surface area contributed by atoms with Crippen LogP contribution in [0.1, 0.15) is 30.0 Å². The van der Waals surface area contributed by atoms with E-state index in [1.807, 2.05) is 37.3 Å². The number of phenols is 1. The van der Waals surface area contributed by atoms with Gasteiger partial charge >= 0.3 is 0 Å². The molecule has 0 saturated heterocycles. The fourth-order valence-corrected chi connectivity index (χ4v) is 2.15. The number of hydrogen-bond donors (Lipinski definition) is 3. The highest BCUT2D eigenvalue weighted by Gasteiger charge is 2.10. The van der Waals surface area contributed by atoms with Gasteiger partial charge in [0.15, 0.2) is 0 Å². The van der Waals surface area contributed by atoms with E-state index in [0.717, 1.165) is 11.1 Å². The van der Waals surface area contributed by atoms with Gasteiger partial charge in [0.1, 0.15) is 5.75 Å². The van der Waals surface area contributed by atoms with E-state index in [4.69, 9.17) is 5.73 Å². The topological polar surface area (TPSA) is 75.3 Å². The minimum atomic E-state index is -0.141. The monoisotopic (exact) mass is 284 g/mol. The van der Waals surface area contributed by atoms with Gasteiger partial charge in [-0.1, -0.05) is 30.3 Å². The molecule has 0 aliphatic rings. The van der Waals surface area contributed by atoms with Crippen LogP contribution in [0.2, 0.25) is 0 Å². The van der Waals surface area contributed by atoms with Crippen LogP contribution in [0.5, 0.6) is 5.75 Å². The summed E-state index contributed by atoms with van der Waals surface area (Å²) in [7, 11) is 0. The zero-order valence-corrected chi connectivity index (χ0v) is 12.0. The maximum absolute atomic E-state index is 12.0. The van der Waals surface area contributed by atoms with Crippen molar-refractivity contribution in [2.75, 3.05) is 5.32 Å². The van der Waals surface area contributed by atoms with Gasteiger partial charge in [0, 0.05) is 18.2 Å². The Balaban J connectivity index is 1.87. The third-order valence-electron chi connectivity index (χ3n) is 3.39. The molecule has 0 saturated carbocycles. The molecule has 2 rings (SSSR count). The SMILES string of the molecule is Cc1cc(O)ccc1NC(=O)CCC(N)c1ccccc1. The second-order valence-corrected chi connectivity index (χ2v) is 5.10. The number of rotatable bonds is 5. The first kappa shape index (κ1) is 15.1. The lowest BCUT2D eigenvalue weighted by Gasteiger charge is -2.12. The first-order valence-corrected chi connectivity index (χ1v) is 6.96. The molecule has 4 N–H and O–H groups in total. The van der Waals surface area contributed by atoms with E-state index in [9.17, 15) is 9.90 Å². The van der Waals surface area contributed by atoms with E-state index in [0.29, 0.717) is 18.5 Å². The predicted molar refractivity (Wildman–Crippen MR) is 84.1 cm³/mol. The minimum Gasteiger partial charge on any atom is -0.508 e. The van der Waals surface area contributed by atoms with E-state index in [1.165, 1.54) is 0 Å². The van der Waals surface area contributed by atoms with Crippen LogP contribution in [0, 0.1) is 6.92 Å². The number of phenolic OH excluding ortho intramolecular Hbond substituents is 1. The zero-order valence-electron chi connectivity index (χ0n) is 12.0. The summed E-state index contributed by atoms with van der Waals surface area (Å²) in [5.74, 6) is 0.117. The molecule has 0 aliphatic carbocycles. The first-order chi connectivity index (χ1) is 10.1. The van der Waals surface area contributed by atoms with Gasteiger partial charge in [0.05, 0.1) is 0 Å². The maximum Gasteiger partial charge on any atom is 0.224 e. The molecule has 2 aromatic rings. The molecule has 0 aromatic heterocycles. The van der Waals surface area contributed by atoms with Crippen molar-refractivity contribution in [3.63, 3.8) is 0 Å². The molecule has 2 aromatic carbocycles. The summed E-state index contributed by atoms with van der Waals surface area (Å²) in [6, 6.07) is 14.5. The van der Waals surface area contributed by atoms with E-state index in [-0.39, 0.29) is 17.7 Å². The summed E-state index contributed by atoms with van der Waals surface area (Å²) in [5.41, 5.74) is 8.65. The summed E-state index contributed by atoms with van der Waals surface area (Å²) in [5, 5.41) is 12.2. The summed E-state index contributed by atoms with van der Waals surface area (Å²) in [4.78, 5) is 12.0. The summed E-state index contributed by atoms with van der Waals surface area (Å²) < 4.78 is 0. The fourth-order valence-electron chi connectivity index (χ4n) is 2.15. The molecule has 0 heterocycles. The lowest BCUT2D eigenvalue weighted by Crippen LogP contribution is -2.17. The number of nitrogens with two attached hydrogens (primary N) is 1. The molecule has 0 bridgehead atoms. The standard InChI is InChI=1S/C17H20N2O2/c1-12-11-14(20)7-9-16(12)19-17(21)10-8-15(18)13-5-3-2-4-6-13/h2-7,9,11,15,20H,8,10,18H2,1H3,(H,19,21). The van der Waals surface area contributed by atoms with Gasteiger partial charge in [-0.15, -0.1) is 0 Å². The van der Waals surface area contributed by atoms with Gasteiger partial charge < -0.3 is 16.2 Å². The molecule has 4 nitrogen and oxygen atoms in total. The molecule has 1 unspecified atom stereocenters. The van der Waals surface area contributed by atoms with Crippen LogP contribution in [0.15, 0.2) is 48.5 Å². The largest absolute Gasteiger partial charge is 0.508 e. The molecule has 21 heavy (non-hydrogen) atoms. The second-order valence-electron chi connectivity index (χ2n) is 5.10. The third kappa shape index (κ3) is 4.33. The Kier molecular flexibility index (Phi) is 4.95. The lowest BCUT2D eigenvalue weighted by molar-refractivity contribution is -0.116. The Morgan fingerprint density at radius 2 is 1.95 bits per heavy atom. The van der Waals surface area contributed by atoms with Gasteiger partial charge in [-0.2, -0.15) is 0 Å². The second kappa shape index (κ2) is 6.90. The van der Waals surface area contributed by atoms with Crippen molar-refractivity contribution in [2.24, 2.45) is 5.73 Å². The Hall–Kier alpha value is -2.33. The van der Waals surface area contributed by atoms with Crippen molar-refractivity contribution in [3.8, 4) is 5.75 Å². The van der Waals surface area contributed by atoms with Crippen LogP contribution < -0.4 is 11.1 Å². The van der Waals surface area contributed by atoms with Crippen LogP contribution in [0.4, 0.5) is 5.69 Å². The van der Waals surface area contributed by atoms with Crippen molar-refractivity contribution >= 4 is 11.6 Å². The normalized spacial score (nSPS) is 11.9. The zero-order chi connectivity index (χ0) is 15.2. The molecule has 1 atom stereocenters. The van der Waals surface area contributed by atoms with Gasteiger partial charge in [-0.25, -0.2) is 0 Å². The molecule has 4 heteroatoms. The van der Waals surface area contributed by atoms with Crippen molar-refractivity contribution in [1.82, 2.24) is 0 Å². The minimum absolute atomic E-state index is 0.0739. The van der Waals surface area contributed by atoms with Crippen molar-refractivity contribution in [3.05, 3.63) is 59.7 Å². The van der Waals surface area contributed by atoms with Crippen LogP contribution >= 0.6 is 0 Å². The highest BCUT2D eigenvalue weighted by atomic mass is 16.3. The summed E-state index contributed by atoms with van der Waals surface area (Å²) in [6.45, 7) is 1.84. The number of nitrogens with one attached hydrogen (secondary N) is 1. The Labute approximate surface area is 124 Å². The summed E-state index contributed by atoms with van der Waals surface area (Å²) in [6.07, 6.45) is 0.948. The number of aromatic hydroxyl groups is 1. The quantitative estimate of drug-likeness (QED) is 0.738. The van der Waals surface area contributed by atoms with Crippen molar-refractivity contribution < 1.29 is 9.90 Å². The predicted octanol–water partition coefficient (Wildman–Crippen LogP) is 3.12. The first-order valence-electron chi connectivity index (χ1n) is 6.96. The lowest BCUT2D eigenvalue weighted by atomic mass is 10.0. The smallest absolute Gasteiger partial charge is 0.224 e. The average molecular weight is 284 g/mol. The molecule has 0 spiro atoms. The number of anilines is 1. The van der Waals surface area contributed by atoms with E-state index in [2.05, 4.69) is 5.32 Å². The van der Waals surface area contributed by atoms with E-state index in [1.54, 1.807) is 18.2 Å². The summed E-state index contributed by atoms with van der Waals surface area (Å²) >= 11 is 0. The number of carbonyl (C=O) groups excluding carboxylic acids is 1.